The summed E-state index contributed by atoms with van der Waals surface area (Å²) in [5.41, 5.74) is 8.28. The Bertz CT molecular complexity index is 464. The van der Waals surface area contributed by atoms with Crippen molar-refractivity contribution in [2.24, 2.45) is 16.6 Å². The van der Waals surface area contributed by atoms with Crippen molar-refractivity contribution < 1.29 is 4.74 Å². The van der Waals surface area contributed by atoms with Crippen molar-refractivity contribution in [3.05, 3.63) is 29.8 Å². The highest BCUT2D eigenvalue weighted by Gasteiger charge is 2.15. The van der Waals surface area contributed by atoms with E-state index in [0.717, 1.165) is 19.0 Å². The van der Waals surface area contributed by atoms with E-state index in [-0.39, 0.29) is 0 Å². The Balaban J connectivity index is 1.82. The second-order valence-electron chi connectivity index (χ2n) is 5.96. The third-order valence-corrected chi connectivity index (χ3v) is 4.13. The predicted octanol–water partition coefficient (Wildman–Crippen LogP) is 1.97. The Hall–Kier alpha value is -1.75. The predicted molar refractivity (Wildman–Crippen MR) is 92.3 cm³/mol. The lowest BCUT2D eigenvalue weighted by Gasteiger charge is -2.32. The molecule has 122 valence electrons. The van der Waals surface area contributed by atoms with Gasteiger partial charge in [-0.1, -0.05) is 19.1 Å². The molecule has 0 aliphatic carbocycles. The van der Waals surface area contributed by atoms with Crippen molar-refractivity contribution in [1.29, 1.82) is 0 Å². The molecule has 2 rings (SSSR count). The monoisotopic (exact) mass is 304 g/mol. The SMILES string of the molecule is COCCNC(N)=NCc1ccc(N2CCC(C)CC2)cc1. The number of nitrogens with zero attached hydrogens (tertiary/aromatic N) is 2. The smallest absolute Gasteiger partial charge is 0.188 e. The van der Waals surface area contributed by atoms with Crippen LogP contribution in [0.1, 0.15) is 25.3 Å². The van der Waals surface area contributed by atoms with Crippen LogP contribution < -0.4 is 16.0 Å². The molecule has 1 heterocycles. The Morgan fingerprint density at radius 3 is 2.64 bits per heavy atom. The second kappa shape index (κ2) is 8.63. The normalized spacial score (nSPS) is 16.8. The fourth-order valence-electron chi connectivity index (χ4n) is 2.59. The number of nitrogens with two attached hydrogens (primary N) is 1. The molecule has 0 saturated carbocycles. The number of rotatable bonds is 6. The van der Waals surface area contributed by atoms with E-state index in [1.807, 2.05) is 0 Å². The van der Waals surface area contributed by atoms with E-state index < -0.39 is 0 Å². The topological polar surface area (TPSA) is 62.9 Å². The van der Waals surface area contributed by atoms with Gasteiger partial charge in [0.05, 0.1) is 13.2 Å². The number of hydrogen-bond donors (Lipinski definition) is 2. The molecule has 0 radical (unpaired) electrons. The van der Waals surface area contributed by atoms with Gasteiger partial charge in [-0.05, 0) is 36.5 Å². The summed E-state index contributed by atoms with van der Waals surface area (Å²) >= 11 is 0. The molecule has 1 aliphatic rings. The van der Waals surface area contributed by atoms with Crippen LogP contribution in [0.25, 0.3) is 0 Å². The van der Waals surface area contributed by atoms with Gasteiger partial charge in [-0.3, -0.25) is 0 Å². The number of benzene rings is 1. The van der Waals surface area contributed by atoms with Crippen molar-refractivity contribution in [2.45, 2.75) is 26.3 Å². The molecular formula is C17H28N4O. The molecule has 0 amide bonds. The van der Waals surface area contributed by atoms with Gasteiger partial charge in [0.15, 0.2) is 5.96 Å². The molecule has 5 nitrogen and oxygen atoms in total. The quantitative estimate of drug-likeness (QED) is 0.479. The minimum absolute atomic E-state index is 0.464. The van der Waals surface area contributed by atoms with E-state index in [2.05, 4.69) is 46.4 Å². The lowest BCUT2D eigenvalue weighted by molar-refractivity contribution is 0.204. The highest BCUT2D eigenvalue weighted by atomic mass is 16.5. The second-order valence-corrected chi connectivity index (χ2v) is 5.96. The molecule has 1 aromatic carbocycles. The molecule has 0 bridgehead atoms. The minimum atomic E-state index is 0.464. The van der Waals surface area contributed by atoms with E-state index >= 15 is 0 Å². The first-order chi connectivity index (χ1) is 10.7. The Morgan fingerprint density at radius 2 is 2.00 bits per heavy atom. The summed E-state index contributed by atoms with van der Waals surface area (Å²) in [6, 6.07) is 8.66. The molecule has 1 fully saturated rings. The number of ether oxygens (including phenoxy) is 1. The largest absolute Gasteiger partial charge is 0.383 e. The minimum Gasteiger partial charge on any atom is -0.383 e. The summed E-state index contributed by atoms with van der Waals surface area (Å²) in [6.07, 6.45) is 2.57. The van der Waals surface area contributed by atoms with Crippen LogP contribution >= 0.6 is 0 Å². The van der Waals surface area contributed by atoms with Crippen molar-refractivity contribution in [3.63, 3.8) is 0 Å². The van der Waals surface area contributed by atoms with Crippen molar-refractivity contribution in [3.8, 4) is 0 Å². The van der Waals surface area contributed by atoms with Gasteiger partial charge in [0.2, 0.25) is 0 Å². The highest BCUT2D eigenvalue weighted by Crippen LogP contribution is 2.23. The molecule has 5 heteroatoms. The van der Waals surface area contributed by atoms with Crippen molar-refractivity contribution in [1.82, 2.24) is 5.32 Å². The lowest BCUT2D eigenvalue weighted by Crippen LogP contribution is -2.34. The van der Waals surface area contributed by atoms with Gasteiger partial charge in [0.1, 0.15) is 0 Å². The van der Waals surface area contributed by atoms with E-state index in [0.29, 0.717) is 25.7 Å². The van der Waals surface area contributed by atoms with Crippen LogP contribution in [-0.4, -0.2) is 39.3 Å². The molecule has 0 aromatic heterocycles. The molecule has 0 unspecified atom stereocenters. The molecule has 1 aromatic rings. The van der Waals surface area contributed by atoms with Gasteiger partial charge in [0, 0.05) is 32.4 Å². The van der Waals surface area contributed by atoms with E-state index in [9.17, 15) is 0 Å². The maximum atomic E-state index is 5.80. The van der Waals surface area contributed by atoms with Crippen LogP contribution in [0.2, 0.25) is 0 Å². The fourth-order valence-corrected chi connectivity index (χ4v) is 2.59. The molecule has 0 atom stereocenters. The Morgan fingerprint density at radius 1 is 1.32 bits per heavy atom. The number of piperidine rings is 1. The van der Waals surface area contributed by atoms with E-state index in [1.54, 1.807) is 7.11 Å². The summed E-state index contributed by atoms with van der Waals surface area (Å²) in [5.74, 6) is 1.32. The van der Waals surface area contributed by atoms with Crippen LogP contribution in [0, 0.1) is 5.92 Å². The molecule has 22 heavy (non-hydrogen) atoms. The Labute approximate surface area is 133 Å². The summed E-state index contributed by atoms with van der Waals surface area (Å²) in [7, 11) is 1.67. The summed E-state index contributed by atoms with van der Waals surface area (Å²) in [6.45, 7) is 6.56. The highest BCUT2D eigenvalue weighted by molar-refractivity contribution is 5.77. The molecule has 0 spiro atoms. The number of hydrogen-bond acceptors (Lipinski definition) is 3. The van der Waals surface area contributed by atoms with E-state index in [1.165, 1.54) is 24.1 Å². The molecule has 1 aliphatic heterocycles. The first-order valence-electron chi connectivity index (χ1n) is 8.05. The van der Waals surface area contributed by atoms with Crippen LogP contribution in [-0.2, 0) is 11.3 Å². The average molecular weight is 304 g/mol. The van der Waals surface area contributed by atoms with Gasteiger partial charge < -0.3 is 20.7 Å². The third kappa shape index (κ3) is 5.22. The van der Waals surface area contributed by atoms with Gasteiger partial charge in [0.25, 0.3) is 0 Å². The molecular weight excluding hydrogens is 276 g/mol. The van der Waals surface area contributed by atoms with Gasteiger partial charge in [-0.2, -0.15) is 0 Å². The van der Waals surface area contributed by atoms with Crippen molar-refractivity contribution >= 4 is 11.6 Å². The fraction of sp³-hybridized carbons (Fsp3) is 0.588. The van der Waals surface area contributed by atoms with Gasteiger partial charge in [-0.25, -0.2) is 4.99 Å². The van der Waals surface area contributed by atoms with Crippen LogP contribution in [0.15, 0.2) is 29.3 Å². The average Bonchev–Trinajstić information content (AvgIpc) is 2.54. The van der Waals surface area contributed by atoms with Crippen molar-refractivity contribution in [2.75, 3.05) is 38.3 Å². The lowest BCUT2D eigenvalue weighted by atomic mass is 9.99. The summed E-state index contributed by atoms with van der Waals surface area (Å²) < 4.78 is 4.95. The van der Waals surface area contributed by atoms with Crippen LogP contribution in [0.4, 0.5) is 5.69 Å². The zero-order valence-corrected chi connectivity index (χ0v) is 13.7. The Kier molecular flexibility index (Phi) is 6.52. The van der Waals surface area contributed by atoms with Crippen LogP contribution in [0.3, 0.4) is 0 Å². The first-order valence-corrected chi connectivity index (χ1v) is 8.05. The number of aliphatic imine (C=N–C) groups is 1. The molecule has 3 N–H and O–H groups in total. The molecule has 1 saturated heterocycles. The number of guanidine groups is 1. The standard InChI is InChI=1S/C17H28N4O/c1-14-7-10-21(11-8-14)16-5-3-15(4-6-16)13-20-17(18)19-9-12-22-2/h3-6,14H,7-13H2,1-2H3,(H3,18,19,20). The zero-order valence-electron chi connectivity index (χ0n) is 13.7. The van der Waals surface area contributed by atoms with Gasteiger partial charge in [-0.15, -0.1) is 0 Å². The number of anilines is 1. The summed E-state index contributed by atoms with van der Waals surface area (Å²) in [5, 5.41) is 3.02. The zero-order chi connectivity index (χ0) is 15.8. The maximum Gasteiger partial charge on any atom is 0.188 e. The van der Waals surface area contributed by atoms with Crippen LogP contribution in [0.5, 0.6) is 0 Å². The maximum absolute atomic E-state index is 5.80. The third-order valence-electron chi connectivity index (χ3n) is 4.13. The number of nitrogens with one attached hydrogen (secondary N) is 1. The van der Waals surface area contributed by atoms with Gasteiger partial charge >= 0.3 is 0 Å². The number of methoxy groups -OCH3 is 1. The van der Waals surface area contributed by atoms with E-state index in [4.69, 9.17) is 10.5 Å². The summed E-state index contributed by atoms with van der Waals surface area (Å²) in [4.78, 5) is 6.80. The first kappa shape index (κ1) is 16.6.